The Labute approximate surface area is 405 Å². The van der Waals surface area contributed by atoms with Crippen LogP contribution >= 0.6 is 33.2 Å². The predicted octanol–water partition coefficient (Wildman–Crippen LogP) is 13.1. The van der Waals surface area contributed by atoms with Gasteiger partial charge >= 0.3 is 14.7 Å². The van der Waals surface area contributed by atoms with Crippen molar-refractivity contribution in [3.8, 4) is 59.4 Å². The topological polar surface area (TPSA) is 204 Å². The van der Waals surface area contributed by atoms with Crippen LogP contribution in [0.25, 0.3) is 12.2 Å². The summed E-state index contributed by atoms with van der Waals surface area (Å²) in [4.78, 5) is 0. The quantitative estimate of drug-likeness (QED) is 0.0658. The van der Waals surface area contributed by atoms with Gasteiger partial charge in [-0.25, -0.2) is 0 Å². The second-order valence-corrected chi connectivity index (χ2v) is 24.0. The minimum absolute atomic E-state index is 0.0823. The summed E-state index contributed by atoms with van der Waals surface area (Å²) in [6.07, 6.45) is 4.68. The van der Waals surface area contributed by atoms with E-state index in [0.717, 1.165) is 27.3 Å². The molecular weight excluding hydrogens is 938 g/mol. The van der Waals surface area contributed by atoms with Gasteiger partial charge in [0, 0.05) is 26.7 Å². The molecule has 0 radical (unpaired) electrons. The summed E-state index contributed by atoms with van der Waals surface area (Å²) < 4.78 is 40.0. The zero-order chi connectivity index (χ0) is 48.5. The number of allylic oxidation sites excluding steroid dienone is 2. The molecule has 0 N–H and O–H groups in total. The molecule has 0 heterocycles. The Balaban J connectivity index is 1.63. The third-order valence-corrected chi connectivity index (χ3v) is 21.4. The Morgan fingerprint density at radius 3 is 1.10 bits per heavy atom. The third-order valence-electron chi connectivity index (χ3n) is 9.81. The zero-order valence-electron chi connectivity index (χ0n) is 36.5. The first-order chi connectivity index (χ1) is 33.7. The number of hydrogen-bond acceptors (Lipinski definition) is 12. The third kappa shape index (κ3) is 11.9. The summed E-state index contributed by atoms with van der Waals surface area (Å²) in [6, 6.07) is 67.8. The normalized spacial score (nSPS) is 10.7. The minimum atomic E-state index is -4.34. The maximum absolute atomic E-state index is 9.81. The first-order valence-electron chi connectivity index (χ1n) is 20.6. The van der Waals surface area contributed by atoms with Crippen molar-refractivity contribution in [2.24, 2.45) is 9.03 Å². The average Bonchev–Trinajstić information content (AvgIpc) is 3.41. The Kier molecular flexibility index (Phi) is 15.9. The summed E-state index contributed by atoms with van der Waals surface area (Å²) in [7, 11) is -11.5. The molecule has 0 spiro atoms. The van der Waals surface area contributed by atoms with Gasteiger partial charge in [-0.1, -0.05) is 115 Å². The maximum Gasteiger partial charge on any atom is 0.554 e. The van der Waals surface area contributed by atoms with Crippen LogP contribution in [-0.4, -0.2) is 6.26 Å². The molecule has 12 nitrogen and oxygen atoms in total. The van der Waals surface area contributed by atoms with Gasteiger partial charge in [0.25, 0.3) is 0 Å². The van der Waals surface area contributed by atoms with Crippen molar-refractivity contribution in [1.82, 2.24) is 0 Å². The Morgan fingerprint density at radius 1 is 0.464 bits per heavy atom. The van der Waals surface area contributed by atoms with Crippen molar-refractivity contribution >= 4 is 61.2 Å². The fourth-order valence-corrected chi connectivity index (χ4v) is 18.9. The summed E-state index contributed by atoms with van der Waals surface area (Å²) in [5, 5.41) is 59.9. The van der Waals surface area contributed by atoms with Crippen molar-refractivity contribution in [2.45, 2.75) is 0 Å². The van der Waals surface area contributed by atoms with Crippen molar-refractivity contribution in [1.29, 1.82) is 31.6 Å². The highest BCUT2D eigenvalue weighted by molar-refractivity contribution is 8.59. The number of nitriles is 6. The number of benzene rings is 7. The predicted molar refractivity (Wildman–Crippen MR) is 273 cm³/mol. The van der Waals surface area contributed by atoms with Gasteiger partial charge in [-0.15, -0.1) is 0 Å². The van der Waals surface area contributed by atoms with E-state index >= 15 is 0 Å². The van der Waals surface area contributed by atoms with Crippen LogP contribution in [-0.2, 0) is 0 Å². The molecule has 16 heteroatoms. The highest BCUT2D eigenvalue weighted by Gasteiger charge is 2.54. The molecule has 0 unspecified atom stereocenters. The van der Waals surface area contributed by atoms with Crippen LogP contribution in [0.4, 0.5) is 0 Å². The monoisotopic (exact) mass is 973 g/mol. The molecule has 0 bridgehead atoms. The molecule has 69 heavy (non-hydrogen) atoms. The summed E-state index contributed by atoms with van der Waals surface area (Å²) >= 11 is 1.16. The van der Waals surface area contributed by atoms with Gasteiger partial charge in [-0.2, -0.15) is 36.1 Å². The number of nitrogens with zero attached hydrogens (tertiary/aromatic N) is 8. The van der Waals surface area contributed by atoms with Crippen molar-refractivity contribution in [3.63, 3.8) is 0 Å². The van der Waals surface area contributed by atoms with Crippen LogP contribution in [0.15, 0.2) is 208 Å². The smallest absolute Gasteiger partial charge is 0.412 e. The Bertz CT molecular complexity index is 3100. The van der Waals surface area contributed by atoms with E-state index in [9.17, 15) is 31.6 Å². The zero-order valence-corrected chi connectivity index (χ0v) is 40.0. The highest BCUT2D eigenvalue weighted by Crippen LogP contribution is 2.78. The summed E-state index contributed by atoms with van der Waals surface area (Å²) in [5.74, 6) is 1.12. The van der Waals surface area contributed by atoms with Gasteiger partial charge in [0.15, 0.2) is 11.5 Å². The second kappa shape index (κ2) is 22.7. The number of hydrogen-bond donors (Lipinski definition) is 0. The Morgan fingerprint density at radius 2 is 0.797 bits per heavy atom. The summed E-state index contributed by atoms with van der Waals surface area (Å²) in [5.41, 5.74) is 1.74. The fourth-order valence-electron chi connectivity index (χ4n) is 6.60. The molecule has 7 aromatic rings. The van der Waals surface area contributed by atoms with Gasteiger partial charge in [0.1, 0.15) is 58.3 Å². The van der Waals surface area contributed by atoms with Crippen LogP contribution in [0, 0.1) is 68.0 Å². The lowest BCUT2D eigenvalue weighted by Gasteiger charge is -2.31. The Hall–Kier alpha value is -8.60. The lowest BCUT2D eigenvalue weighted by molar-refractivity contribution is 0.465. The van der Waals surface area contributed by atoms with E-state index in [0.29, 0.717) is 33.8 Å². The molecule has 7 rings (SSSR count). The molecule has 0 saturated heterocycles. The molecule has 0 aliphatic carbocycles. The molecule has 0 atom stereocenters. The van der Waals surface area contributed by atoms with Gasteiger partial charge in [-0.3, -0.25) is 9.05 Å². The fraction of sp³-hybridized carbons (Fsp3) is 0.0189. The molecule has 332 valence electrons. The molecule has 0 aliphatic heterocycles. The van der Waals surface area contributed by atoms with Crippen LogP contribution in [0.1, 0.15) is 22.3 Å². The van der Waals surface area contributed by atoms with Crippen LogP contribution in [0.2, 0.25) is 0 Å². The van der Waals surface area contributed by atoms with Crippen LogP contribution in [0.3, 0.4) is 0 Å². The van der Waals surface area contributed by atoms with E-state index in [1.54, 1.807) is 103 Å². The molecule has 0 aromatic heterocycles. The molecule has 0 aliphatic rings. The molecule has 7 aromatic carbocycles. The van der Waals surface area contributed by atoms with Gasteiger partial charge < -0.3 is 9.05 Å². The molecule has 0 amide bonds. The first kappa shape index (κ1) is 48.3. The van der Waals surface area contributed by atoms with Gasteiger partial charge in [0.05, 0.1) is 30.3 Å². The van der Waals surface area contributed by atoms with E-state index in [4.69, 9.17) is 27.1 Å². The van der Waals surface area contributed by atoms with Crippen molar-refractivity contribution in [3.05, 3.63) is 221 Å². The summed E-state index contributed by atoms with van der Waals surface area (Å²) in [6.45, 7) is 0. The van der Waals surface area contributed by atoms with Crippen molar-refractivity contribution < 1.29 is 18.1 Å². The number of rotatable bonds is 16. The van der Waals surface area contributed by atoms with E-state index < -0.39 is 21.8 Å². The first-order valence-corrected chi connectivity index (χ1v) is 27.3. The average molecular weight is 974 g/mol. The van der Waals surface area contributed by atoms with E-state index in [-0.39, 0.29) is 22.6 Å². The van der Waals surface area contributed by atoms with E-state index in [2.05, 4.69) is 12.1 Å². The highest BCUT2D eigenvalue weighted by atomic mass is 32.7. The lowest BCUT2D eigenvalue weighted by Crippen LogP contribution is -2.25. The molecule has 0 saturated carbocycles. The van der Waals surface area contributed by atoms with Crippen LogP contribution < -0.4 is 34.0 Å². The molecular formula is C53H36N8O4P3S+. The van der Waals surface area contributed by atoms with Gasteiger partial charge in [0.2, 0.25) is 0 Å². The van der Waals surface area contributed by atoms with Gasteiger partial charge in [-0.05, 0) is 96.1 Å². The van der Waals surface area contributed by atoms with Crippen molar-refractivity contribution in [2.75, 3.05) is 6.26 Å². The standard InChI is InChI=1S/C53H36N8O4P3S/c1-69-68(64-49-25-17-41(18-26-49)33-45(37-56)38-57,65-50-27-19-42(20-28-50)34-46(39-58)40-59)61-67(62-47-29-21-43(35-54)22-30-47,63-48-31-23-44(36-55)24-32-48)60-66(51-11-5-2-6-12-51,52-13-7-3-8-14-52)53-15-9-4-10-16-53/h2-34H,1H3/q+1. The lowest BCUT2D eigenvalue weighted by atomic mass is 10.1. The largest absolute Gasteiger partial charge is 0.554 e. The SMILES string of the molecule is CS[P+](N=P(N=P(c1ccccc1)(c1ccccc1)c1ccccc1)(Oc1ccc(C#N)cc1)Oc1ccc(C#N)cc1)(Oc1ccc(C=C(C#N)C#N)cc1)Oc1ccc(C=C(C#N)C#N)cc1. The van der Waals surface area contributed by atoms with Crippen LogP contribution in [0.5, 0.6) is 23.0 Å². The minimum Gasteiger partial charge on any atom is -0.412 e. The second-order valence-electron chi connectivity index (χ2n) is 14.3. The molecule has 0 fully saturated rings. The van der Waals surface area contributed by atoms with E-state index in [1.165, 1.54) is 12.2 Å². The maximum atomic E-state index is 9.81. The van der Waals surface area contributed by atoms with E-state index in [1.807, 2.05) is 115 Å².